The van der Waals surface area contributed by atoms with E-state index in [1.807, 2.05) is 6.92 Å². The number of hydrogen-bond acceptors (Lipinski definition) is 2. The Hall–Kier alpha value is -0.0800. The van der Waals surface area contributed by atoms with Gasteiger partial charge in [-0.25, -0.2) is 0 Å². The Morgan fingerprint density at radius 2 is 2.25 bits per heavy atom. The van der Waals surface area contributed by atoms with Crippen molar-refractivity contribution in [3.63, 3.8) is 0 Å². The molecule has 2 N–H and O–H groups in total. The molecule has 1 saturated carbocycles. The van der Waals surface area contributed by atoms with Crippen LogP contribution in [-0.2, 0) is 0 Å². The van der Waals surface area contributed by atoms with Crippen LogP contribution >= 0.6 is 0 Å². The summed E-state index contributed by atoms with van der Waals surface area (Å²) < 4.78 is 0. The minimum Gasteiger partial charge on any atom is -0.395 e. The Morgan fingerprint density at radius 3 is 2.83 bits per heavy atom. The molecule has 0 radical (unpaired) electrons. The largest absolute Gasteiger partial charge is 0.395 e. The van der Waals surface area contributed by atoms with Crippen LogP contribution < -0.4 is 5.32 Å². The molecule has 0 aromatic heterocycles. The van der Waals surface area contributed by atoms with Crippen LogP contribution in [0, 0.1) is 5.92 Å². The Kier molecular flexibility index (Phi) is 4.02. The molecule has 2 heteroatoms. The highest BCUT2D eigenvalue weighted by atomic mass is 16.3. The summed E-state index contributed by atoms with van der Waals surface area (Å²) in [6.45, 7) is 4.61. The van der Waals surface area contributed by atoms with E-state index in [0.29, 0.717) is 6.04 Å². The molecule has 12 heavy (non-hydrogen) atoms. The summed E-state index contributed by atoms with van der Waals surface area (Å²) in [5.41, 5.74) is 0. The van der Waals surface area contributed by atoms with Crippen LogP contribution in [0.5, 0.6) is 0 Å². The molecule has 0 unspecified atom stereocenters. The lowest BCUT2D eigenvalue weighted by atomic mass is 9.87. The third-order valence-electron chi connectivity index (χ3n) is 2.73. The van der Waals surface area contributed by atoms with Crippen LogP contribution in [-0.4, -0.2) is 23.8 Å². The molecule has 1 rings (SSSR count). The van der Waals surface area contributed by atoms with Crippen LogP contribution in [0.15, 0.2) is 0 Å². The van der Waals surface area contributed by atoms with E-state index < -0.39 is 0 Å². The van der Waals surface area contributed by atoms with Crippen molar-refractivity contribution in [2.75, 3.05) is 6.61 Å². The molecule has 0 saturated heterocycles. The first-order valence-electron chi connectivity index (χ1n) is 5.09. The van der Waals surface area contributed by atoms with Crippen molar-refractivity contribution in [2.45, 2.75) is 51.6 Å². The molecule has 72 valence electrons. The smallest absolute Gasteiger partial charge is 0.0582 e. The lowest BCUT2D eigenvalue weighted by molar-refractivity contribution is 0.215. The zero-order chi connectivity index (χ0) is 8.97. The quantitative estimate of drug-likeness (QED) is 0.675. The SMILES string of the molecule is C[C@@H]1CCC[C@H](N[C@H](C)CO)C1. The number of aliphatic hydroxyl groups excluding tert-OH is 1. The van der Waals surface area contributed by atoms with Gasteiger partial charge < -0.3 is 10.4 Å². The van der Waals surface area contributed by atoms with E-state index in [9.17, 15) is 0 Å². The second-order valence-electron chi connectivity index (χ2n) is 4.22. The third-order valence-corrected chi connectivity index (χ3v) is 2.73. The van der Waals surface area contributed by atoms with E-state index in [4.69, 9.17) is 5.11 Å². The van der Waals surface area contributed by atoms with Gasteiger partial charge in [0.1, 0.15) is 0 Å². The van der Waals surface area contributed by atoms with E-state index in [-0.39, 0.29) is 12.6 Å². The van der Waals surface area contributed by atoms with Crippen LogP contribution in [0.4, 0.5) is 0 Å². The van der Waals surface area contributed by atoms with Gasteiger partial charge in [-0.3, -0.25) is 0 Å². The number of nitrogens with one attached hydrogen (secondary N) is 1. The van der Waals surface area contributed by atoms with Crippen molar-refractivity contribution >= 4 is 0 Å². The Labute approximate surface area is 75.4 Å². The summed E-state index contributed by atoms with van der Waals surface area (Å²) in [6, 6.07) is 0.913. The standard InChI is InChI=1S/C10H21NO/c1-8-4-3-5-10(6-8)11-9(2)7-12/h8-12H,3-7H2,1-2H3/t8-,9-,10+/m1/s1. The molecule has 1 aliphatic rings. The minimum atomic E-state index is 0.255. The van der Waals surface area contributed by atoms with Crippen molar-refractivity contribution in [2.24, 2.45) is 5.92 Å². The zero-order valence-electron chi connectivity index (χ0n) is 8.21. The maximum Gasteiger partial charge on any atom is 0.0582 e. The monoisotopic (exact) mass is 171 g/mol. The predicted octanol–water partition coefficient (Wildman–Crippen LogP) is 1.54. The average Bonchev–Trinajstić information content (AvgIpc) is 2.04. The number of rotatable bonds is 3. The van der Waals surface area contributed by atoms with Gasteiger partial charge in [-0.15, -0.1) is 0 Å². The second kappa shape index (κ2) is 4.83. The molecule has 0 aromatic carbocycles. The van der Waals surface area contributed by atoms with E-state index >= 15 is 0 Å². The van der Waals surface area contributed by atoms with Gasteiger partial charge in [-0.1, -0.05) is 19.8 Å². The fourth-order valence-corrected chi connectivity index (χ4v) is 2.04. The van der Waals surface area contributed by atoms with Gasteiger partial charge in [-0.2, -0.15) is 0 Å². The molecule has 3 atom stereocenters. The van der Waals surface area contributed by atoms with E-state index in [0.717, 1.165) is 5.92 Å². The topological polar surface area (TPSA) is 32.3 Å². The van der Waals surface area contributed by atoms with Crippen molar-refractivity contribution < 1.29 is 5.11 Å². The molecular weight excluding hydrogens is 150 g/mol. The Balaban J connectivity index is 2.22. The van der Waals surface area contributed by atoms with Crippen LogP contribution in [0.1, 0.15) is 39.5 Å². The highest BCUT2D eigenvalue weighted by Crippen LogP contribution is 2.23. The zero-order valence-corrected chi connectivity index (χ0v) is 8.21. The Bertz CT molecular complexity index is 127. The normalized spacial score (nSPS) is 33.2. The molecular formula is C10H21NO. The van der Waals surface area contributed by atoms with Gasteiger partial charge in [0.2, 0.25) is 0 Å². The summed E-state index contributed by atoms with van der Waals surface area (Å²) in [5, 5.41) is 12.3. The summed E-state index contributed by atoms with van der Waals surface area (Å²) in [5.74, 6) is 0.863. The molecule has 0 spiro atoms. The second-order valence-corrected chi connectivity index (χ2v) is 4.22. The van der Waals surface area contributed by atoms with Crippen molar-refractivity contribution in [1.82, 2.24) is 5.32 Å². The van der Waals surface area contributed by atoms with Gasteiger partial charge >= 0.3 is 0 Å². The Morgan fingerprint density at radius 1 is 1.50 bits per heavy atom. The maximum atomic E-state index is 8.87. The van der Waals surface area contributed by atoms with E-state index in [1.165, 1.54) is 25.7 Å². The van der Waals surface area contributed by atoms with Crippen molar-refractivity contribution in [1.29, 1.82) is 0 Å². The third kappa shape index (κ3) is 3.11. The van der Waals surface area contributed by atoms with Gasteiger partial charge in [0.15, 0.2) is 0 Å². The number of hydrogen-bond donors (Lipinski definition) is 2. The highest BCUT2D eigenvalue weighted by molar-refractivity contribution is 4.77. The molecule has 1 fully saturated rings. The van der Waals surface area contributed by atoms with Crippen molar-refractivity contribution in [3.8, 4) is 0 Å². The van der Waals surface area contributed by atoms with Crippen LogP contribution in [0.3, 0.4) is 0 Å². The van der Waals surface area contributed by atoms with Gasteiger partial charge in [-0.05, 0) is 25.7 Å². The van der Waals surface area contributed by atoms with Crippen LogP contribution in [0.25, 0.3) is 0 Å². The summed E-state index contributed by atoms with van der Waals surface area (Å²) in [7, 11) is 0. The molecule has 0 amide bonds. The average molecular weight is 171 g/mol. The fourth-order valence-electron chi connectivity index (χ4n) is 2.04. The van der Waals surface area contributed by atoms with E-state index in [2.05, 4.69) is 12.2 Å². The summed E-state index contributed by atoms with van der Waals surface area (Å²) >= 11 is 0. The molecule has 0 heterocycles. The molecule has 2 nitrogen and oxygen atoms in total. The van der Waals surface area contributed by atoms with Gasteiger partial charge in [0.25, 0.3) is 0 Å². The van der Waals surface area contributed by atoms with Crippen molar-refractivity contribution in [3.05, 3.63) is 0 Å². The first-order chi connectivity index (χ1) is 5.72. The summed E-state index contributed by atoms with van der Waals surface area (Å²) in [6.07, 6.45) is 5.29. The van der Waals surface area contributed by atoms with Gasteiger partial charge in [0, 0.05) is 12.1 Å². The summed E-state index contributed by atoms with van der Waals surface area (Å²) in [4.78, 5) is 0. The lowest BCUT2D eigenvalue weighted by Gasteiger charge is -2.29. The molecule has 0 aliphatic heterocycles. The number of aliphatic hydroxyl groups is 1. The van der Waals surface area contributed by atoms with Gasteiger partial charge in [0.05, 0.1) is 6.61 Å². The lowest BCUT2D eigenvalue weighted by Crippen LogP contribution is -2.41. The first-order valence-corrected chi connectivity index (χ1v) is 5.09. The maximum absolute atomic E-state index is 8.87. The minimum absolute atomic E-state index is 0.255. The fraction of sp³-hybridized carbons (Fsp3) is 1.00. The molecule has 0 bridgehead atoms. The van der Waals surface area contributed by atoms with Crippen LogP contribution in [0.2, 0.25) is 0 Å². The van der Waals surface area contributed by atoms with E-state index in [1.54, 1.807) is 0 Å². The highest BCUT2D eigenvalue weighted by Gasteiger charge is 2.19. The molecule has 1 aliphatic carbocycles. The predicted molar refractivity (Wildman–Crippen MR) is 51.1 cm³/mol. The molecule has 0 aromatic rings. The first kappa shape index (κ1) is 10.0.